The van der Waals surface area contributed by atoms with Gasteiger partial charge in [0.05, 0.1) is 0 Å². The fourth-order valence-electron chi connectivity index (χ4n) is 2.83. The van der Waals surface area contributed by atoms with Crippen LogP contribution in [0.15, 0.2) is 42.6 Å². The third kappa shape index (κ3) is 4.40. The van der Waals surface area contributed by atoms with E-state index < -0.39 is 0 Å². The first-order chi connectivity index (χ1) is 13.0. The largest absolute Gasteiger partial charge is 0.362 e. The maximum absolute atomic E-state index is 12.5. The number of hydrogen-bond acceptors (Lipinski definition) is 5. The fraction of sp³-hybridized carbons (Fsp3) is 0.263. The average molecular weight is 382 g/mol. The number of rotatable bonds is 6. The predicted octanol–water partition coefficient (Wildman–Crippen LogP) is 2.69. The van der Waals surface area contributed by atoms with Crippen LogP contribution >= 0.6 is 12.2 Å². The van der Waals surface area contributed by atoms with E-state index in [1.807, 2.05) is 62.3 Å². The average Bonchev–Trinajstić information content (AvgIpc) is 3.00. The van der Waals surface area contributed by atoms with E-state index in [0.29, 0.717) is 17.1 Å². The first kappa shape index (κ1) is 18.8. The van der Waals surface area contributed by atoms with Gasteiger partial charge in [0.25, 0.3) is 0 Å². The Bertz CT molecular complexity index is 1010. The lowest BCUT2D eigenvalue weighted by Crippen LogP contribution is -2.28. The quantitative estimate of drug-likeness (QED) is 0.641. The Hall–Kier alpha value is -3.00. The maximum Gasteiger partial charge on any atom is 0.240 e. The molecule has 3 rings (SSSR count). The monoisotopic (exact) mass is 382 g/mol. The van der Waals surface area contributed by atoms with Crippen molar-refractivity contribution in [3.8, 4) is 11.4 Å². The van der Waals surface area contributed by atoms with E-state index in [2.05, 4.69) is 20.5 Å². The number of nitrogens with zero attached hydrogens (tertiary/aromatic N) is 4. The lowest BCUT2D eigenvalue weighted by Gasteiger charge is -2.16. The van der Waals surface area contributed by atoms with Crippen LogP contribution in [0.1, 0.15) is 11.1 Å². The molecule has 0 unspecified atom stereocenters. The second kappa shape index (κ2) is 8.13. The summed E-state index contributed by atoms with van der Waals surface area (Å²) in [4.78, 5) is 18.8. The smallest absolute Gasteiger partial charge is 0.240 e. The van der Waals surface area contributed by atoms with Gasteiger partial charge in [0, 0.05) is 38.0 Å². The highest BCUT2D eigenvalue weighted by atomic mass is 32.1. The molecule has 0 saturated heterocycles. The second-order valence-electron chi connectivity index (χ2n) is 6.47. The minimum absolute atomic E-state index is 0.0934. The van der Waals surface area contributed by atoms with Crippen LogP contribution in [0.3, 0.4) is 0 Å². The molecule has 0 spiro atoms. The van der Waals surface area contributed by atoms with Crippen LogP contribution in [0.4, 0.5) is 5.82 Å². The van der Waals surface area contributed by atoms with Crippen molar-refractivity contribution < 1.29 is 4.79 Å². The number of aromatic nitrogens is 4. The van der Waals surface area contributed by atoms with Crippen molar-refractivity contribution in [2.24, 2.45) is 0 Å². The normalized spacial score (nSPS) is 10.6. The van der Waals surface area contributed by atoms with E-state index in [0.717, 1.165) is 22.5 Å². The van der Waals surface area contributed by atoms with Gasteiger partial charge in [-0.3, -0.25) is 14.5 Å². The lowest BCUT2D eigenvalue weighted by atomic mass is 10.1. The van der Waals surface area contributed by atoms with Crippen LogP contribution in [0.5, 0.6) is 0 Å². The molecule has 0 aliphatic heterocycles. The summed E-state index contributed by atoms with van der Waals surface area (Å²) in [7, 11) is 3.85. The van der Waals surface area contributed by atoms with E-state index >= 15 is 0 Å². The summed E-state index contributed by atoms with van der Waals surface area (Å²) in [5, 5.41) is 10.00. The molecular formula is C19H22N6OS. The molecule has 0 saturated carbocycles. The van der Waals surface area contributed by atoms with E-state index in [-0.39, 0.29) is 12.5 Å². The summed E-state index contributed by atoms with van der Waals surface area (Å²) in [5.74, 6) is 1.34. The number of anilines is 1. The highest BCUT2D eigenvalue weighted by Gasteiger charge is 2.13. The van der Waals surface area contributed by atoms with Crippen LogP contribution in [-0.2, 0) is 17.9 Å². The molecule has 0 fully saturated rings. The summed E-state index contributed by atoms with van der Waals surface area (Å²) >= 11 is 5.30. The van der Waals surface area contributed by atoms with Crippen molar-refractivity contribution in [1.82, 2.24) is 25.1 Å². The molecular weight excluding hydrogens is 360 g/mol. The van der Waals surface area contributed by atoms with Gasteiger partial charge in [-0.1, -0.05) is 29.8 Å². The number of pyridine rings is 1. The highest BCUT2D eigenvalue weighted by molar-refractivity contribution is 7.71. The van der Waals surface area contributed by atoms with Crippen LogP contribution in [-0.4, -0.2) is 39.8 Å². The van der Waals surface area contributed by atoms with Gasteiger partial charge in [0.2, 0.25) is 5.91 Å². The lowest BCUT2D eigenvalue weighted by molar-refractivity contribution is -0.121. The van der Waals surface area contributed by atoms with Gasteiger partial charge in [0.1, 0.15) is 12.4 Å². The Morgan fingerprint density at radius 3 is 2.85 bits per heavy atom. The molecule has 7 nitrogen and oxygen atoms in total. The topological polar surface area (TPSA) is 78.8 Å². The van der Waals surface area contributed by atoms with Crippen molar-refractivity contribution in [3.05, 3.63) is 58.5 Å². The molecule has 1 aromatic carbocycles. The van der Waals surface area contributed by atoms with E-state index in [4.69, 9.17) is 12.2 Å². The van der Waals surface area contributed by atoms with Crippen molar-refractivity contribution in [3.63, 3.8) is 0 Å². The SMILES string of the molecule is Cc1cccc(-c2n[nH]c(=S)n2CC(=O)NCc2cccnc2N(C)C)c1. The number of H-pyrrole nitrogens is 1. The third-order valence-corrected chi connectivity index (χ3v) is 4.42. The van der Waals surface area contributed by atoms with Crippen molar-refractivity contribution in [1.29, 1.82) is 0 Å². The Morgan fingerprint density at radius 1 is 1.30 bits per heavy atom. The van der Waals surface area contributed by atoms with E-state index in [1.54, 1.807) is 10.8 Å². The molecule has 0 bridgehead atoms. The molecule has 8 heteroatoms. The van der Waals surface area contributed by atoms with E-state index in [1.165, 1.54) is 0 Å². The summed E-state index contributed by atoms with van der Waals surface area (Å²) < 4.78 is 2.12. The first-order valence-electron chi connectivity index (χ1n) is 8.56. The van der Waals surface area contributed by atoms with Gasteiger partial charge in [-0.2, -0.15) is 5.10 Å². The van der Waals surface area contributed by atoms with Gasteiger partial charge in [0.15, 0.2) is 10.6 Å². The summed E-state index contributed by atoms with van der Waals surface area (Å²) in [6, 6.07) is 11.7. The molecule has 140 valence electrons. The van der Waals surface area contributed by atoms with Crippen molar-refractivity contribution in [2.75, 3.05) is 19.0 Å². The fourth-order valence-corrected chi connectivity index (χ4v) is 3.03. The molecule has 2 aromatic heterocycles. The molecule has 0 atom stereocenters. The molecule has 0 aliphatic rings. The minimum atomic E-state index is -0.144. The van der Waals surface area contributed by atoms with Gasteiger partial charge in [-0.25, -0.2) is 4.98 Å². The maximum atomic E-state index is 12.5. The van der Waals surface area contributed by atoms with Gasteiger partial charge in [-0.15, -0.1) is 0 Å². The molecule has 1 amide bonds. The minimum Gasteiger partial charge on any atom is -0.362 e. The molecule has 2 N–H and O–H groups in total. The number of hydrogen-bond donors (Lipinski definition) is 2. The van der Waals surface area contributed by atoms with Crippen LogP contribution in [0.25, 0.3) is 11.4 Å². The van der Waals surface area contributed by atoms with Gasteiger partial charge >= 0.3 is 0 Å². The van der Waals surface area contributed by atoms with Crippen LogP contribution in [0.2, 0.25) is 0 Å². The first-order valence-corrected chi connectivity index (χ1v) is 8.96. The number of nitrogens with one attached hydrogen (secondary N) is 2. The Balaban J connectivity index is 1.74. The van der Waals surface area contributed by atoms with Gasteiger partial charge in [-0.05, 0) is 31.3 Å². The van der Waals surface area contributed by atoms with Crippen molar-refractivity contribution in [2.45, 2.75) is 20.0 Å². The molecule has 0 aliphatic carbocycles. The standard InChI is InChI=1S/C19H22N6OS/c1-13-6-4-7-14(10-13)18-22-23-19(27)25(18)12-16(26)21-11-15-8-5-9-20-17(15)24(2)3/h4-10H,11-12H2,1-3H3,(H,21,26)(H,23,27). The molecule has 0 radical (unpaired) electrons. The Kier molecular flexibility index (Phi) is 5.66. The zero-order valence-electron chi connectivity index (χ0n) is 15.6. The summed E-state index contributed by atoms with van der Waals surface area (Å²) in [6.07, 6.45) is 1.74. The number of carbonyl (C=O) groups excluding carboxylic acids is 1. The number of amides is 1. The second-order valence-corrected chi connectivity index (χ2v) is 6.85. The predicted molar refractivity (Wildman–Crippen MR) is 108 cm³/mol. The van der Waals surface area contributed by atoms with Crippen molar-refractivity contribution >= 4 is 23.9 Å². The molecule has 27 heavy (non-hydrogen) atoms. The summed E-state index contributed by atoms with van der Waals surface area (Å²) in [6.45, 7) is 2.50. The Morgan fingerprint density at radius 2 is 2.11 bits per heavy atom. The van der Waals surface area contributed by atoms with Crippen LogP contribution < -0.4 is 10.2 Å². The third-order valence-electron chi connectivity index (χ3n) is 4.10. The number of carbonyl (C=O) groups is 1. The number of benzene rings is 1. The zero-order chi connectivity index (χ0) is 19.4. The Labute approximate surface area is 163 Å². The molecule has 2 heterocycles. The number of aromatic amines is 1. The van der Waals surface area contributed by atoms with Gasteiger partial charge < -0.3 is 10.2 Å². The van der Waals surface area contributed by atoms with Crippen LogP contribution in [0, 0.1) is 11.7 Å². The summed E-state index contributed by atoms with van der Waals surface area (Å²) in [5.41, 5.74) is 2.98. The van der Waals surface area contributed by atoms with E-state index in [9.17, 15) is 4.79 Å². The molecule has 3 aromatic rings. The zero-order valence-corrected chi connectivity index (χ0v) is 16.4. The number of aryl methyl sites for hydroxylation is 1. The highest BCUT2D eigenvalue weighted by Crippen LogP contribution is 2.18.